The van der Waals surface area contributed by atoms with Crippen LogP contribution in [0.5, 0.6) is 5.75 Å². The normalized spacial score (nSPS) is 11.1. The van der Waals surface area contributed by atoms with Crippen LogP contribution in [0.4, 0.5) is 0 Å². The van der Waals surface area contributed by atoms with Gasteiger partial charge < -0.3 is 4.74 Å². The number of ether oxygens (including phenoxy) is 1. The number of rotatable bonds is 5. The Hall–Kier alpha value is -3.68. The minimum absolute atomic E-state index is 0.548. The van der Waals surface area contributed by atoms with Crippen molar-refractivity contribution in [2.24, 2.45) is 0 Å². The number of thiazole rings is 1. The minimum Gasteiger partial charge on any atom is -0.497 e. The van der Waals surface area contributed by atoms with Crippen molar-refractivity contribution >= 4 is 23.0 Å². The molecule has 0 N–H and O–H groups in total. The molecule has 29 heavy (non-hydrogen) atoms. The van der Waals surface area contributed by atoms with E-state index in [9.17, 15) is 5.26 Å². The lowest BCUT2D eigenvalue weighted by Crippen LogP contribution is -1.85. The van der Waals surface area contributed by atoms with Gasteiger partial charge >= 0.3 is 0 Å². The fraction of sp³-hybridized carbons (Fsp3) is 0.0400. The van der Waals surface area contributed by atoms with Crippen LogP contribution >= 0.6 is 11.3 Å². The third-order valence-electron chi connectivity index (χ3n) is 4.57. The van der Waals surface area contributed by atoms with Crippen molar-refractivity contribution in [3.8, 4) is 34.2 Å². The van der Waals surface area contributed by atoms with Crippen molar-refractivity contribution in [3.63, 3.8) is 0 Å². The highest BCUT2D eigenvalue weighted by Gasteiger charge is 2.09. The third kappa shape index (κ3) is 4.26. The van der Waals surface area contributed by atoms with E-state index in [1.807, 2.05) is 53.9 Å². The zero-order valence-corrected chi connectivity index (χ0v) is 16.7. The summed E-state index contributed by atoms with van der Waals surface area (Å²) < 4.78 is 5.18. The van der Waals surface area contributed by atoms with Crippen LogP contribution in [-0.2, 0) is 0 Å². The molecule has 0 aliphatic rings. The van der Waals surface area contributed by atoms with Crippen LogP contribution < -0.4 is 4.74 Å². The Balaban J connectivity index is 1.58. The maximum Gasteiger partial charge on any atom is 0.134 e. The number of nitriles is 1. The number of methoxy groups -OCH3 is 1. The summed E-state index contributed by atoms with van der Waals surface area (Å²) in [6.45, 7) is 0. The van der Waals surface area contributed by atoms with Gasteiger partial charge in [-0.3, -0.25) is 0 Å². The van der Waals surface area contributed by atoms with Crippen LogP contribution in [0.3, 0.4) is 0 Å². The first-order valence-corrected chi connectivity index (χ1v) is 10.0. The largest absolute Gasteiger partial charge is 0.497 e. The van der Waals surface area contributed by atoms with E-state index in [0.717, 1.165) is 22.6 Å². The molecule has 0 bridgehead atoms. The van der Waals surface area contributed by atoms with Gasteiger partial charge in [-0.25, -0.2) is 4.98 Å². The monoisotopic (exact) mass is 394 g/mol. The molecule has 140 valence electrons. The molecule has 1 heterocycles. The molecule has 0 atom stereocenters. The maximum absolute atomic E-state index is 9.61. The molecule has 0 saturated carbocycles. The number of hydrogen-bond acceptors (Lipinski definition) is 4. The maximum atomic E-state index is 9.61. The molecule has 3 nitrogen and oxygen atoms in total. The van der Waals surface area contributed by atoms with Gasteiger partial charge in [-0.1, -0.05) is 66.7 Å². The average molecular weight is 394 g/mol. The first-order chi connectivity index (χ1) is 14.3. The van der Waals surface area contributed by atoms with E-state index >= 15 is 0 Å². The van der Waals surface area contributed by atoms with Gasteiger partial charge in [0.1, 0.15) is 16.8 Å². The molecule has 4 rings (SSSR count). The summed E-state index contributed by atoms with van der Waals surface area (Å²) in [5.41, 5.74) is 5.75. The predicted molar refractivity (Wildman–Crippen MR) is 119 cm³/mol. The van der Waals surface area contributed by atoms with Gasteiger partial charge in [-0.2, -0.15) is 5.26 Å². The van der Waals surface area contributed by atoms with Crippen LogP contribution in [0, 0.1) is 11.3 Å². The lowest BCUT2D eigenvalue weighted by molar-refractivity contribution is 0.415. The smallest absolute Gasteiger partial charge is 0.134 e. The first kappa shape index (κ1) is 18.7. The zero-order valence-electron chi connectivity index (χ0n) is 15.9. The molecule has 0 aliphatic heterocycles. The lowest BCUT2D eigenvalue weighted by atomic mass is 10.0. The molecule has 0 spiro atoms. The SMILES string of the molecule is COc1ccc(/C=C(/C#N)c2nc(-c3ccc(-c4ccccc4)cc3)cs2)cc1. The lowest BCUT2D eigenvalue weighted by Gasteiger charge is -2.03. The fourth-order valence-corrected chi connectivity index (χ4v) is 3.80. The molecule has 3 aromatic carbocycles. The zero-order chi connectivity index (χ0) is 20.1. The Morgan fingerprint density at radius 3 is 2.21 bits per heavy atom. The van der Waals surface area contributed by atoms with Gasteiger partial charge in [0.25, 0.3) is 0 Å². The summed E-state index contributed by atoms with van der Waals surface area (Å²) in [5.74, 6) is 0.788. The average Bonchev–Trinajstić information content (AvgIpc) is 3.29. The third-order valence-corrected chi connectivity index (χ3v) is 5.45. The fourth-order valence-electron chi connectivity index (χ4n) is 3.00. The number of allylic oxidation sites excluding steroid dienone is 1. The van der Waals surface area contributed by atoms with Crippen molar-refractivity contribution in [1.82, 2.24) is 4.98 Å². The Labute approximate surface area is 174 Å². The quantitative estimate of drug-likeness (QED) is 0.361. The van der Waals surface area contributed by atoms with Crippen LogP contribution in [0.15, 0.2) is 84.2 Å². The van der Waals surface area contributed by atoms with Crippen LogP contribution in [-0.4, -0.2) is 12.1 Å². The predicted octanol–water partition coefficient (Wildman–Crippen LogP) is 6.55. The number of hydrogen-bond donors (Lipinski definition) is 0. The summed E-state index contributed by atoms with van der Waals surface area (Å²) in [5, 5.41) is 12.3. The molecule has 4 aromatic rings. The van der Waals surface area contributed by atoms with Crippen molar-refractivity contribution in [1.29, 1.82) is 5.26 Å². The van der Waals surface area contributed by atoms with E-state index in [4.69, 9.17) is 4.74 Å². The second-order valence-corrected chi connectivity index (χ2v) is 7.28. The Kier molecular flexibility index (Phi) is 5.51. The van der Waals surface area contributed by atoms with E-state index in [0.29, 0.717) is 10.6 Å². The second kappa shape index (κ2) is 8.55. The van der Waals surface area contributed by atoms with Gasteiger partial charge in [0.15, 0.2) is 0 Å². The standard InChI is InChI=1S/C25H18N2OS/c1-28-23-13-7-18(8-14-23)15-22(16-26)25-27-24(17-29-25)21-11-9-20(10-12-21)19-5-3-2-4-6-19/h2-15,17H,1H3/b22-15-. The summed E-state index contributed by atoms with van der Waals surface area (Å²) in [6.07, 6.45) is 1.85. The van der Waals surface area contributed by atoms with Crippen molar-refractivity contribution in [2.75, 3.05) is 7.11 Å². The van der Waals surface area contributed by atoms with Crippen molar-refractivity contribution in [3.05, 3.63) is 94.8 Å². The molecule has 0 radical (unpaired) electrons. The summed E-state index contributed by atoms with van der Waals surface area (Å²) in [6, 6.07) is 28.5. The van der Waals surface area contributed by atoms with Crippen LogP contribution in [0.25, 0.3) is 34.0 Å². The Morgan fingerprint density at radius 1 is 0.897 bits per heavy atom. The number of benzene rings is 3. The van der Waals surface area contributed by atoms with Crippen molar-refractivity contribution < 1.29 is 4.74 Å². The Bertz CT molecular complexity index is 1170. The molecule has 0 unspecified atom stereocenters. The topological polar surface area (TPSA) is 45.9 Å². The molecule has 4 heteroatoms. The molecule has 0 aliphatic carbocycles. The van der Waals surface area contributed by atoms with Gasteiger partial charge in [0.05, 0.1) is 18.4 Å². The van der Waals surface area contributed by atoms with Gasteiger partial charge in [0, 0.05) is 10.9 Å². The van der Waals surface area contributed by atoms with Gasteiger partial charge in [-0.15, -0.1) is 11.3 Å². The number of aromatic nitrogens is 1. The molecule has 1 aromatic heterocycles. The highest BCUT2D eigenvalue weighted by atomic mass is 32.1. The van der Waals surface area contributed by atoms with E-state index < -0.39 is 0 Å². The summed E-state index contributed by atoms with van der Waals surface area (Å²) in [7, 11) is 1.63. The minimum atomic E-state index is 0.548. The molecular formula is C25H18N2OS. The molecule has 0 fully saturated rings. The van der Waals surface area contributed by atoms with E-state index in [1.165, 1.54) is 22.5 Å². The highest BCUT2D eigenvalue weighted by molar-refractivity contribution is 7.11. The molecule has 0 saturated heterocycles. The molecular weight excluding hydrogens is 376 g/mol. The van der Waals surface area contributed by atoms with E-state index in [1.54, 1.807) is 7.11 Å². The molecule has 0 amide bonds. The first-order valence-electron chi connectivity index (χ1n) is 9.14. The van der Waals surface area contributed by atoms with Crippen molar-refractivity contribution in [2.45, 2.75) is 0 Å². The number of nitrogens with zero attached hydrogens (tertiary/aromatic N) is 2. The highest BCUT2D eigenvalue weighted by Crippen LogP contribution is 2.29. The van der Waals surface area contributed by atoms with E-state index in [2.05, 4.69) is 47.5 Å². The van der Waals surface area contributed by atoms with Gasteiger partial charge in [0.2, 0.25) is 0 Å². The van der Waals surface area contributed by atoms with Crippen LogP contribution in [0.2, 0.25) is 0 Å². The van der Waals surface area contributed by atoms with E-state index in [-0.39, 0.29) is 0 Å². The summed E-state index contributed by atoms with van der Waals surface area (Å²) in [4.78, 5) is 4.69. The second-order valence-electron chi connectivity index (χ2n) is 6.42. The van der Waals surface area contributed by atoms with Gasteiger partial charge in [-0.05, 0) is 34.9 Å². The van der Waals surface area contributed by atoms with Crippen LogP contribution in [0.1, 0.15) is 10.6 Å². The Morgan fingerprint density at radius 2 is 1.55 bits per heavy atom. The summed E-state index contributed by atoms with van der Waals surface area (Å²) >= 11 is 1.48.